The maximum absolute atomic E-state index is 12.6. The molecule has 0 spiro atoms. The van der Waals surface area contributed by atoms with Gasteiger partial charge in [-0.25, -0.2) is 0 Å². The number of amides is 2. The second kappa shape index (κ2) is 10.7. The molecule has 174 valence electrons. The molecule has 0 saturated carbocycles. The molecule has 33 heavy (non-hydrogen) atoms. The van der Waals surface area contributed by atoms with Gasteiger partial charge in [0.2, 0.25) is 11.8 Å². The predicted octanol–water partition coefficient (Wildman–Crippen LogP) is 4.86. The van der Waals surface area contributed by atoms with Crippen molar-refractivity contribution in [2.75, 3.05) is 36.4 Å². The van der Waals surface area contributed by atoms with Crippen molar-refractivity contribution in [1.82, 2.24) is 4.90 Å². The molecular weight excluding hydrogens is 467 g/mol. The number of nitro groups is 1. The minimum atomic E-state index is -0.577. The first-order valence-corrected chi connectivity index (χ1v) is 11.2. The fourth-order valence-electron chi connectivity index (χ4n) is 3.54. The molecule has 10 heteroatoms. The summed E-state index contributed by atoms with van der Waals surface area (Å²) in [4.78, 5) is 39.2. The van der Waals surface area contributed by atoms with Crippen molar-refractivity contribution >= 4 is 58.2 Å². The van der Waals surface area contributed by atoms with E-state index in [2.05, 4.69) is 10.2 Å². The van der Waals surface area contributed by atoms with E-state index >= 15 is 0 Å². The summed E-state index contributed by atoms with van der Waals surface area (Å²) >= 11 is 12.0. The van der Waals surface area contributed by atoms with Crippen LogP contribution in [0.15, 0.2) is 42.5 Å². The lowest BCUT2D eigenvalue weighted by Crippen LogP contribution is -2.50. The second-order valence-corrected chi connectivity index (χ2v) is 8.76. The number of carbonyl (C=O) groups excluding carboxylic acids is 2. The third kappa shape index (κ3) is 6.24. The number of rotatable bonds is 6. The van der Waals surface area contributed by atoms with E-state index in [4.69, 9.17) is 23.2 Å². The van der Waals surface area contributed by atoms with E-state index < -0.39 is 10.8 Å². The van der Waals surface area contributed by atoms with Crippen LogP contribution >= 0.6 is 23.2 Å². The number of nitrogens with zero attached hydrogens (tertiary/aromatic N) is 3. The summed E-state index contributed by atoms with van der Waals surface area (Å²) in [5.74, 6) is -0.326. The monoisotopic (exact) mass is 490 g/mol. The molecule has 1 aliphatic rings. The van der Waals surface area contributed by atoms with Crippen molar-refractivity contribution in [3.63, 3.8) is 0 Å². The molecule has 1 saturated heterocycles. The molecule has 3 rings (SSSR count). The normalized spacial score (nSPS) is 14.1. The Morgan fingerprint density at radius 2 is 1.79 bits per heavy atom. The van der Waals surface area contributed by atoms with Crippen LogP contribution in [0.2, 0.25) is 10.0 Å². The van der Waals surface area contributed by atoms with Gasteiger partial charge in [-0.15, -0.1) is 0 Å². The summed E-state index contributed by atoms with van der Waals surface area (Å²) in [6, 6.07) is 9.55. The SMILES string of the molecule is CC(C)C(=O)N1CCN(c2ccc(Cl)cc2NC(=O)/C=C/c2ccc(Cl)c([N+](=O)[O-])c2)CC1. The first-order valence-electron chi connectivity index (χ1n) is 10.4. The average molecular weight is 491 g/mol. The highest BCUT2D eigenvalue weighted by Gasteiger charge is 2.24. The summed E-state index contributed by atoms with van der Waals surface area (Å²) in [7, 11) is 0. The van der Waals surface area contributed by atoms with E-state index in [0.29, 0.717) is 42.5 Å². The van der Waals surface area contributed by atoms with Gasteiger partial charge < -0.3 is 15.1 Å². The van der Waals surface area contributed by atoms with E-state index in [-0.39, 0.29) is 22.5 Å². The number of hydrogen-bond donors (Lipinski definition) is 1. The smallest absolute Gasteiger partial charge is 0.288 e. The van der Waals surface area contributed by atoms with Crippen molar-refractivity contribution in [2.45, 2.75) is 13.8 Å². The first kappa shape index (κ1) is 24.5. The largest absolute Gasteiger partial charge is 0.366 e. The van der Waals surface area contributed by atoms with Gasteiger partial charge in [-0.3, -0.25) is 19.7 Å². The molecule has 2 amide bonds. The fraction of sp³-hybridized carbons (Fsp3) is 0.304. The van der Waals surface area contributed by atoms with Crippen LogP contribution < -0.4 is 10.2 Å². The zero-order chi connectivity index (χ0) is 24.1. The number of anilines is 2. The van der Waals surface area contributed by atoms with Crippen LogP contribution in [0.4, 0.5) is 17.1 Å². The molecule has 1 aliphatic heterocycles. The topological polar surface area (TPSA) is 95.8 Å². The maximum Gasteiger partial charge on any atom is 0.288 e. The molecule has 0 unspecified atom stereocenters. The number of hydrogen-bond acceptors (Lipinski definition) is 5. The van der Waals surface area contributed by atoms with Crippen molar-refractivity contribution < 1.29 is 14.5 Å². The minimum Gasteiger partial charge on any atom is -0.366 e. The number of nitro benzene ring substituents is 1. The van der Waals surface area contributed by atoms with Gasteiger partial charge >= 0.3 is 0 Å². The van der Waals surface area contributed by atoms with Gasteiger partial charge in [-0.2, -0.15) is 0 Å². The zero-order valence-electron chi connectivity index (χ0n) is 18.3. The Kier molecular flexibility index (Phi) is 7.94. The van der Waals surface area contributed by atoms with Crippen LogP contribution in [0.25, 0.3) is 6.08 Å². The van der Waals surface area contributed by atoms with Gasteiger partial charge in [-0.1, -0.05) is 43.1 Å². The number of halogens is 2. The van der Waals surface area contributed by atoms with Crippen LogP contribution in [0.5, 0.6) is 0 Å². The second-order valence-electron chi connectivity index (χ2n) is 7.92. The molecule has 0 bridgehead atoms. The molecule has 1 N–H and O–H groups in total. The highest BCUT2D eigenvalue weighted by Crippen LogP contribution is 2.30. The van der Waals surface area contributed by atoms with Crippen molar-refractivity contribution in [3.8, 4) is 0 Å². The highest BCUT2D eigenvalue weighted by molar-refractivity contribution is 6.32. The summed E-state index contributed by atoms with van der Waals surface area (Å²) in [5.41, 5.74) is 1.59. The van der Waals surface area contributed by atoms with Crippen molar-refractivity contribution in [3.05, 3.63) is 68.2 Å². The molecule has 0 atom stereocenters. The zero-order valence-corrected chi connectivity index (χ0v) is 19.8. The van der Waals surface area contributed by atoms with Crippen molar-refractivity contribution in [1.29, 1.82) is 0 Å². The maximum atomic E-state index is 12.6. The standard InChI is InChI=1S/C23H24Cl2N4O4/c1-15(2)23(31)28-11-9-27(10-12-28)20-7-5-17(24)14-19(20)26-22(30)8-4-16-3-6-18(25)21(13-16)29(32)33/h3-8,13-15H,9-12H2,1-2H3,(H,26,30)/b8-4+. The number of benzene rings is 2. The molecule has 0 aromatic heterocycles. The van der Waals surface area contributed by atoms with Gasteiger partial charge in [0, 0.05) is 49.3 Å². The third-order valence-electron chi connectivity index (χ3n) is 5.24. The fourth-order valence-corrected chi connectivity index (χ4v) is 3.90. The molecule has 1 heterocycles. The predicted molar refractivity (Wildman–Crippen MR) is 131 cm³/mol. The Bertz CT molecular complexity index is 1100. The summed E-state index contributed by atoms with van der Waals surface area (Å²) in [5, 5.41) is 14.4. The Morgan fingerprint density at radius 1 is 1.09 bits per heavy atom. The van der Waals surface area contributed by atoms with E-state index in [1.54, 1.807) is 18.2 Å². The highest BCUT2D eigenvalue weighted by atomic mass is 35.5. The number of nitrogens with one attached hydrogen (secondary N) is 1. The average Bonchev–Trinajstić information content (AvgIpc) is 2.78. The van der Waals surface area contributed by atoms with Crippen LogP contribution in [-0.4, -0.2) is 47.8 Å². The Balaban J connectivity index is 1.72. The minimum absolute atomic E-state index is 0.0281. The Labute approximate surface area is 201 Å². The molecular formula is C23H24Cl2N4O4. The third-order valence-corrected chi connectivity index (χ3v) is 5.79. The van der Waals surface area contributed by atoms with Crippen LogP contribution in [0.3, 0.4) is 0 Å². The van der Waals surface area contributed by atoms with Gasteiger partial charge in [0.15, 0.2) is 0 Å². The molecule has 0 aliphatic carbocycles. The molecule has 2 aromatic rings. The Hall–Kier alpha value is -3.10. The van der Waals surface area contributed by atoms with Gasteiger partial charge in [0.25, 0.3) is 5.69 Å². The van der Waals surface area contributed by atoms with Crippen molar-refractivity contribution in [2.24, 2.45) is 5.92 Å². The summed E-state index contributed by atoms with van der Waals surface area (Å²) in [6.07, 6.45) is 2.76. The van der Waals surface area contributed by atoms with E-state index in [9.17, 15) is 19.7 Å². The first-order chi connectivity index (χ1) is 15.7. The number of carbonyl (C=O) groups is 2. The summed E-state index contributed by atoms with van der Waals surface area (Å²) in [6.45, 7) is 6.24. The Morgan fingerprint density at radius 3 is 2.42 bits per heavy atom. The van der Waals surface area contributed by atoms with Crippen LogP contribution in [0.1, 0.15) is 19.4 Å². The quantitative estimate of drug-likeness (QED) is 0.354. The lowest BCUT2D eigenvalue weighted by molar-refractivity contribution is -0.384. The van der Waals surface area contributed by atoms with Crippen LogP contribution in [-0.2, 0) is 9.59 Å². The molecule has 2 aromatic carbocycles. The number of piperazine rings is 1. The molecule has 8 nitrogen and oxygen atoms in total. The lowest BCUT2D eigenvalue weighted by Gasteiger charge is -2.37. The molecule has 0 radical (unpaired) electrons. The van der Waals surface area contributed by atoms with Gasteiger partial charge in [-0.05, 0) is 35.9 Å². The van der Waals surface area contributed by atoms with Crippen LogP contribution in [0, 0.1) is 16.0 Å². The van der Waals surface area contributed by atoms with E-state index in [0.717, 1.165) is 5.69 Å². The molecule has 1 fully saturated rings. The van der Waals surface area contributed by atoms with E-state index in [1.807, 2.05) is 24.8 Å². The van der Waals surface area contributed by atoms with Gasteiger partial charge in [0.05, 0.1) is 16.3 Å². The summed E-state index contributed by atoms with van der Waals surface area (Å²) < 4.78 is 0. The lowest BCUT2D eigenvalue weighted by atomic mass is 10.1. The van der Waals surface area contributed by atoms with Gasteiger partial charge in [0.1, 0.15) is 5.02 Å². The van der Waals surface area contributed by atoms with E-state index in [1.165, 1.54) is 24.3 Å².